The van der Waals surface area contributed by atoms with Gasteiger partial charge in [0.1, 0.15) is 11.4 Å². The zero-order chi connectivity index (χ0) is 20.5. The van der Waals surface area contributed by atoms with Crippen LogP contribution in [0.25, 0.3) is 0 Å². The van der Waals surface area contributed by atoms with Crippen molar-refractivity contribution in [2.75, 3.05) is 25.2 Å². The molecule has 0 saturated carbocycles. The first-order valence-electron chi connectivity index (χ1n) is 8.07. The highest BCUT2D eigenvalue weighted by Crippen LogP contribution is 2.36. The summed E-state index contributed by atoms with van der Waals surface area (Å²) in [7, 11) is -2.62. The monoisotopic (exact) mass is 469 g/mol. The third-order valence-electron chi connectivity index (χ3n) is 4.24. The lowest BCUT2D eigenvalue weighted by Crippen LogP contribution is -2.47. The van der Waals surface area contributed by atoms with Gasteiger partial charge in [-0.15, -0.1) is 0 Å². The van der Waals surface area contributed by atoms with Gasteiger partial charge >= 0.3 is 5.97 Å². The smallest absolute Gasteiger partial charge is 0.325 e. The largest absolute Gasteiger partial charge is 0.468 e. The molecule has 0 unspecified atom stereocenters. The van der Waals surface area contributed by atoms with Crippen LogP contribution in [0.2, 0.25) is 0 Å². The molecule has 0 saturated heterocycles. The predicted octanol–water partition coefficient (Wildman–Crippen LogP) is 2.50. The topological polar surface area (TPSA) is 110 Å². The first kappa shape index (κ1) is 20.2. The maximum Gasteiger partial charge on any atom is 0.325 e. The van der Waals surface area contributed by atoms with E-state index in [4.69, 9.17) is 4.74 Å². The Bertz CT molecular complexity index is 1040. The third-order valence-corrected chi connectivity index (χ3v) is 6.54. The van der Waals surface area contributed by atoms with Crippen LogP contribution in [-0.2, 0) is 26.1 Å². The number of nitrogens with zero attached hydrogens (tertiary/aromatic N) is 3. The highest BCUT2D eigenvalue weighted by Gasteiger charge is 2.36. The molecule has 0 fully saturated rings. The summed E-state index contributed by atoms with van der Waals surface area (Å²) in [6.07, 6.45) is 0. The maximum absolute atomic E-state index is 13.1. The number of hydrogen-bond acceptors (Lipinski definition) is 7. The molecule has 28 heavy (non-hydrogen) atoms. The SMILES string of the molecule is COC(=O)CN1CN(Cc2cccc([N+](=O)[O-])c2)S(=O)(=O)c2cc(Br)ccc21. The van der Waals surface area contributed by atoms with E-state index in [1.807, 2.05) is 0 Å². The molecule has 0 spiro atoms. The first-order chi connectivity index (χ1) is 13.2. The van der Waals surface area contributed by atoms with Crippen molar-refractivity contribution in [3.05, 3.63) is 62.6 Å². The van der Waals surface area contributed by atoms with Crippen LogP contribution < -0.4 is 4.90 Å². The summed E-state index contributed by atoms with van der Waals surface area (Å²) < 4.78 is 32.7. The Kier molecular flexibility index (Phi) is 5.68. The van der Waals surface area contributed by atoms with Crippen molar-refractivity contribution >= 4 is 43.3 Å². The average Bonchev–Trinajstić information content (AvgIpc) is 2.66. The number of fused-ring (bicyclic) bond motifs is 1. The van der Waals surface area contributed by atoms with E-state index in [9.17, 15) is 23.3 Å². The van der Waals surface area contributed by atoms with E-state index >= 15 is 0 Å². The summed E-state index contributed by atoms with van der Waals surface area (Å²) in [5.41, 5.74) is 0.736. The number of esters is 1. The van der Waals surface area contributed by atoms with Gasteiger partial charge in [0.2, 0.25) is 10.0 Å². The van der Waals surface area contributed by atoms with E-state index in [0.29, 0.717) is 15.7 Å². The van der Waals surface area contributed by atoms with Crippen molar-refractivity contribution in [2.45, 2.75) is 11.4 Å². The fourth-order valence-electron chi connectivity index (χ4n) is 2.90. The standard InChI is InChI=1S/C17H16BrN3O6S/c1-27-17(22)10-19-11-20(9-12-3-2-4-14(7-12)21(23)24)28(25,26)16-8-13(18)5-6-15(16)19/h2-8H,9-11H2,1H3. The first-order valence-corrected chi connectivity index (χ1v) is 10.3. The van der Waals surface area contributed by atoms with E-state index in [2.05, 4.69) is 15.9 Å². The van der Waals surface area contributed by atoms with Gasteiger partial charge in [0.05, 0.1) is 24.4 Å². The van der Waals surface area contributed by atoms with Crippen LogP contribution in [0.1, 0.15) is 5.56 Å². The van der Waals surface area contributed by atoms with Crippen LogP contribution in [-0.4, -0.2) is 43.9 Å². The lowest BCUT2D eigenvalue weighted by molar-refractivity contribution is -0.384. The van der Waals surface area contributed by atoms with Crippen LogP contribution in [0.3, 0.4) is 0 Å². The molecule has 9 nitrogen and oxygen atoms in total. The molecule has 1 heterocycles. The van der Waals surface area contributed by atoms with Crippen LogP contribution in [0.5, 0.6) is 0 Å². The predicted molar refractivity (Wildman–Crippen MR) is 104 cm³/mol. The maximum atomic E-state index is 13.1. The number of nitro benzene ring substituents is 1. The number of carbonyl (C=O) groups excluding carboxylic acids is 1. The molecular formula is C17H16BrN3O6S. The van der Waals surface area contributed by atoms with Gasteiger partial charge in [-0.1, -0.05) is 28.1 Å². The van der Waals surface area contributed by atoms with Gasteiger partial charge < -0.3 is 9.64 Å². The van der Waals surface area contributed by atoms with Crippen LogP contribution >= 0.6 is 15.9 Å². The Morgan fingerprint density at radius 2 is 2.04 bits per heavy atom. The Labute approximate surface area is 169 Å². The molecule has 0 atom stereocenters. The van der Waals surface area contributed by atoms with Crippen molar-refractivity contribution in [2.24, 2.45) is 0 Å². The number of anilines is 1. The number of sulfonamides is 1. The van der Waals surface area contributed by atoms with Gasteiger partial charge in [-0.05, 0) is 23.8 Å². The number of methoxy groups -OCH3 is 1. The van der Waals surface area contributed by atoms with Crippen molar-refractivity contribution in [3.8, 4) is 0 Å². The summed E-state index contributed by atoms with van der Waals surface area (Å²) in [6, 6.07) is 10.6. The Morgan fingerprint density at radius 3 is 2.71 bits per heavy atom. The number of ether oxygens (including phenoxy) is 1. The molecule has 2 aromatic carbocycles. The minimum atomic E-state index is -3.87. The van der Waals surface area contributed by atoms with E-state index in [-0.39, 0.29) is 30.3 Å². The van der Waals surface area contributed by atoms with E-state index in [1.165, 1.54) is 35.7 Å². The average molecular weight is 470 g/mol. The highest BCUT2D eigenvalue weighted by molar-refractivity contribution is 9.10. The van der Waals surface area contributed by atoms with Crippen molar-refractivity contribution in [1.82, 2.24) is 4.31 Å². The van der Waals surface area contributed by atoms with E-state index in [0.717, 1.165) is 0 Å². The normalized spacial score (nSPS) is 15.7. The molecule has 1 aliphatic heterocycles. The van der Waals surface area contributed by atoms with Crippen molar-refractivity contribution < 1.29 is 22.9 Å². The number of halogens is 1. The zero-order valence-corrected chi connectivity index (χ0v) is 17.1. The van der Waals surface area contributed by atoms with Crippen LogP contribution in [0.15, 0.2) is 51.8 Å². The molecular weight excluding hydrogens is 454 g/mol. The molecule has 0 N–H and O–H groups in total. The fourth-order valence-corrected chi connectivity index (χ4v) is 5.04. The molecule has 0 radical (unpaired) electrons. The number of hydrogen-bond donors (Lipinski definition) is 0. The highest BCUT2D eigenvalue weighted by atomic mass is 79.9. The van der Waals surface area contributed by atoms with Gasteiger partial charge in [-0.3, -0.25) is 14.9 Å². The number of rotatable bonds is 5. The van der Waals surface area contributed by atoms with Crippen molar-refractivity contribution in [1.29, 1.82) is 0 Å². The van der Waals surface area contributed by atoms with Gasteiger partial charge in [0, 0.05) is 23.2 Å². The molecule has 148 valence electrons. The molecule has 3 rings (SSSR count). The lowest BCUT2D eigenvalue weighted by atomic mass is 10.2. The second kappa shape index (κ2) is 7.86. The lowest BCUT2D eigenvalue weighted by Gasteiger charge is -2.37. The van der Waals surface area contributed by atoms with Crippen LogP contribution in [0.4, 0.5) is 11.4 Å². The third kappa shape index (κ3) is 4.01. The van der Waals surface area contributed by atoms with Gasteiger partial charge in [0.25, 0.3) is 5.69 Å². The zero-order valence-electron chi connectivity index (χ0n) is 14.7. The minimum absolute atomic E-state index is 0.0439. The van der Waals surface area contributed by atoms with Gasteiger partial charge in [0.15, 0.2) is 0 Å². The molecule has 0 aliphatic carbocycles. The number of non-ortho nitro benzene ring substituents is 1. The van der Waals surface area contributed by atoms with Crippen LogP contribution in [0, 0.1) is 10.1 Å². The summed E-state index contributed by atoms with van der Waals surface area (Å²) in [6.45, 7) is -0.297. The Hall–Kier alpha value is -2.50. The summed E-state index contributed by atoms with van der Waals surface area (Å²) in [5, 5.41) is 11.0. The number of carbonyl (C=O) groups is 1. The quantitative estimate of drug-likeness (QED) is 0.375. The Balaban J connectivity index is 2.01. The second-order valence-corrected chi connectivity index (χ2v) is 8.89. The Morgan fingerprint density at radius 1 is 1.29 bits per heavy atom. The summed E-state index contributed by atoms with van der Waals surface area (Å²) in [4.78, 5) is 23.9. The number of nitro groups is 1. The molecule has 1 aliphatic rings. The molecule has 0 bridgehead atoms. The van der Waals surface area contributed by atoms with Gasteiger partial charge in [-0.2, -0.15) is 4.31 Å². The second-order valence-electron chi connectivity index (χ2n) is 6.07. The molecule has 0 amide bonds. The van der Waals surface area contributed by atoms with Gasteiger partial charge in [-0.25, -0.2) is 8.42 Å². The van der Waals surface area contributed by atoms with Crippen molar-refractivity contribution in [3.63, 3.8) is 0 Å². The minimum Gasteiger partial charge on any atom is -0.468 e. The molecule has 2 aromatic rings. The number of benzene rings is 2. The summed E-state index contributed by atoms with van der Waals surface area (Å²) >= 11 is 3.27. The van der Waals surface area contributed by atoms with E-state index < -0.39 is 20.9 Å². The summed E-state index contributed by atoms with van der Waals surface area (Å²) in [5.74, 6) is -0.511. The fraction of sp³-hybridized carbons (Fsp3) is 0.235. The molecule has 0 aromatic heterocycles. The molecule has 11 heteroatoms. The van der Waals surface area contributed by atoms with E-state index in [1.54, 1.807) is 23.1 Å².